The van der Waals surface area contributed by atoms with Crippen LogP contribution >= 0.6 is 0 Å². The zero-order valence-electron chi connectivity index (χ0n) is 10.0. The standard InChI is InChI=1S/C11H20N4O/c1-8(2)7-9(12)10-13-14-11(16-10)15-5-3-4-6-15/h8-9H,3-7,12H2,1-2H3. The molecule has 2 rings (SSSR count). The fraction of sp³-hybridized carbons (Fsp3) is 0.818. The van der Waals surface area contributed by atoms with Gasteiger partial charge in [0.2, 0.25) is 5.89 Å². The Labute approximate surface area is 96.0 Å². The molecule has 0 aliphatic carbocycles. The summed E-state index contributed by atoms with van der Waals surface area (Å²) in [6.45, 7) is 6.30. The van der Waals surface area contributed by atoms with Crippen molar-refractivity contribution in [3.8, 4) is 0 Å². The van der Waals surface area contributed by atoms with Gasteiger partial charge in [-0.3, -0.25) is 0 Å². The highest BCUT2D eigenvalue weighted by atomic mass is 16.4. The van der Waals surface area contributed by atoms with Gasteiger partial charge in [-0.05, 0) is 25.2 Å². The molecular formula is C11H20N4O. The largest absolute Gasteiger partial charge is 0.406 e. The van der Waals surface area contributed by atoms with E-state index < -0.39 is 0 Å². The van der Waals surface area contributed by atoms with E-state index in [2.05, 4.69) is 28.9 Å². The number of nitrogens with zero attached hydrogens (tertiary/aromatic N) is 3. The summed E-state index contributed by atoms with van der Waals surface area (Å²) in [5.41, 5.74) is 5.99. The summed E-state index contributed by atoms with van der Waals surface area (Å²) in [5.74, 6) is 1.10. The Kier molecular flexibility index (Phi) is 3.43. The molecule has 1 aliphatic heterocycles. The van der Waals surface area contributed by atoms with Crippen LogP contribution in [0.4, 0.5) is 6.01 Å². The molecule has 1 saturated heterocycles. The molecule has 0 amide bonds. The van der Waals surface area contributed by atoms with Crippen LogP contribution in [0.1, 0.15) is 45.0 Å². The van der Waals surface area contributed by atoms with Crippen molar-refractivity contribution in [2.75, 3.05) is 18.0 Å². The van der Waals surface area contributed by atoms with Crippen molar-refractivity contribution in [2.45, 2.75) is 39.2 Å². The van der Waals surface area contributed by atoms with Crippen LogP contribution in [0.3, 0.4) is 0 Å². The third-order valence-corrected chi connectivity index (χ3v) is 2.85. The highest BCUT2D eigenvalue weighted by Gasteiger charge is 2.21. The molecule has 0 saturated carbocycles. The molecule has 0 bridgehead atoms. The monoisotopic (exact) mass is 224 g/mol. The van der Waals surface area contributed by atoms with Gasteiger partial charge in [-0.25, -0.2) is 0 Å². The molecule has 5 heteroatoms. The van der Waals surface area contributed by atoms with E-state index in [9.17, 15) is 0 Å². The first-order chi connectivity index (χ1) is 7.66. The number of nitrogens with two attached hydrogens (primary N) is 1. The van der Waals surface area contributed by atoms with Gasteiger partial charge in [-0.15, -0.1) is 5.10 Å². The van der Waals surface area contributed by atoms with E-state index in [0.717, 1.165) is 19.5 Å². The van der Waals surface area contributed by atoms with Crippen molar-refractivity contribution in [2.24, 2.45) is 11.7 Å². The van der Waals surface area contributed by atoms with Crippen LogP contribution in [-0.4, -0.2) is 23.3 Å². The molecule has 1 atom stereocenters. The van der Waals surface area contributed by atoms with Gasteiger partial charge in [-0.2, -0.15) is 0 Å². The molecule has 1 fully saturated rings. The average molecular weight is 224 g/mol. The fourth-order valence-electron chi connectivity index (χ4n) is 2.02. The Morgan fingerprint density at radius 1 is 1.31 bits per heavy atom. The summed E-state index contributed by atoms with van der Waals surface area (Å²) in [5, 5.41) is 8.09. The Hall–Kier alpha value is -1.10. The zero-order chi connectivity index (χ0) is 11.5. The van der Waals surface area contributed by atoms with Crippen LogP contribution in [0.2, 0.25) is 0 Å². The van der Waals surface area contributed by atoms with Gasteiger partial charge in [-0.1, -0.05) is 18.9 Å². The summed E-state index contributed by atoms with van der Waals surface area (Å²) in [4.78, 5) is 2.12. The SMILES string of the molecule is CC(C)CC(N)c1nnc(N2CCCC2)o1. The Morgan fingerprint density at radius 2 is 2.00 bits per heavy atom. The number of anilines is 1. The molecule has 5 nitrogen and oxygen atoms in total. The van der Waals surface area contributed by atoms with E-state index in [4.69, 9.17) is 10.2 Å². The summed E-state index contributed by atoms with van der Waals surface area (Å²) < 4.78 is 5.61. The molecule has 0 radical (unpaired) electrons. The van der Waals surface area contributed by atoms with Gasteiger partial charge >= 0.3 is 6.01 Å². The molecule has 0 spiro atoms. The van der Waals surface area contributed by atoms with Crippen molar-refractivity contribution in [1.82, 2.24) is 10.2 Å². The van der Waals surface area contributed by atoms with Gasteiger partial charge in [0.1, 0.15) is 0 Å². The van der Waals surface area contributed by atoms with E-state index in [0.29, 0.717) is 17.8 Å². The Morgan fingerprint density at radius 3 is 2.62 bits per heavy atom. The molecule has 1 aliphatic rings. The van der Waals surface area contributed by atoms with Gasteiger partial charge in [0, 0.05) is 13.1 Å². The minimum absolute atomic E-state index is 0.135. The van der Waals surface area contributed by atoms with Crippen LogP contribution in [-0.2, 0) is 0 Å². The van der Waals surface area contributed by atoms with Crippen LogP contribution in [0.25, 0.3) is 0 Å². The lowest BCUT2D eigenvalue weighted by molar-refractivity contribution is 0.403. The molecule has 2 N–H and O–H groups in total. The third kappa shape index (κ3) is 2.52. The maximum atomic E-state index is 5.99. The molecule has 90 valence electrons. The van der Waals surface area contributed by atoms with Gasteiger partial charge < -0.3 is 15.1 Å². The second-order valence-electron chi connectivity index (χ2n) is 4.85. The predicted octanol–water partition coefficient (Wildman–Crippen LogP) is 1.72. The Bertz CT molecular complexity index is 330. The average Bonchev–Trinajstić information content (AvgIpc) is 2.87. The zero-order valence-corrected chi connectivity index (χ0v) is 10.0. The van der Waals surface area contributed by atoms with Crippen LogP contribution < -0.4 is 10.6 Å². The van der Waals surface area contributed by atoms with Crippen molar-refractivity contribution >= 4 is 6.01 Å². The number of hydrogen-bond donors (Lipinski definition) is 1. The predicted molar refractivity (Wildman–Crippen MR) is 62.1 cm³/mol. The normalized spacial score (nSPS) is 18.4. The fourth-order valence-corrected chi connectivity index (χ4v) is 2.02. The molecular weight excluding hydrogens is 204 g/mol. The lowest BCUT2D eigenvalue weighted by Gasteiger charge is -2.11. The topological polar surface area (TPSA) is 68.2 Å². The first-order valence-corrected chi connectivity index (χ1v) is 6.00. The van der Waals surface area contributed by atoms with E-state index in [1.807, 2.05) is 0 Å². The van der Waals surface area contributed by atoms with Crippen LogP contribution in [0, 0.1) is 5.92 Å². The first kappa shape index (κ1) is 11.4. The molecule has 1 unspecified atom stereocenters. The van der Waals surface area contributed by atoms with Crippen molar-refractivity contribution in [1.29, 1.82) is 0 Å². The van der Waals surface area contributed by atoms with Crippen molar-refractivity contribution in [3.63, 3.8) is 0 Å². The molecule has 1 aromatic rings. The Balaban J connectivity index is 2.00. The van der Waals surface area contributed by atoms with E-state index >= 15 is 0 Å². The van der Waals surface area contributed by atoms with Gasteiger partial charge in [0.25, 0.3) is 0 Å². The highest BCUT2D eigenvalue weighted by molar-refractivity contribution is 5.25. The molecule has 2 heterocycles. The van der Waals surface area contributed by atoms with Crippen molar-refractivity contribution in [3.05, 3.63) is 5.89 Å². The van der Waals surface area contributed by atoms with E-state index in [-0.39, 0.29) is 6.04 Å². The molecule has 0 aromatic carbocycles. The smallest absolute Gasteiger partial charge is 0.318 e. The maximum absolute atomic E-state index is 5.99. The number of rotatable bonds is 4. The maximum Gasteiger partial charge on any atom is 0.318 e. The van der Waals surface area contributed by atoms with Crippen LogP contribution in [0.15, 0.2) is 4.42 Å². The van der Waals surface area contributed by atoms with Gasteiger partial charge in [0.05, 0.1) is 6.04 Å². The second-order valence-corrected chi connectivity index (χ2v) is 4.85. The quantitative estimate of drug-likeness (QED) is 0.843. The van der Waals surface area contributed by atoms with E-state index in [1.165, 1.54) is 12.8 Å². The summed E-state index contributed by atoms with van der Waals surface area (Å²) in [6, 6.07) is 0.496. The van der Waals surface area contributed by atoms with E-state index in [1.54, 1.807) is 0 Å². The minimum atomic E-state index is -0.135. The first-order valence-electron chi connectivity index (χ1n) is 6.00. The molecule has 1 aromatic heterocycles. The second kappa shape index (κ2) is 4.82. The van der Waals surface area contributed by atoms with Gasteiger partial charge in [0.15, 0.2) is 0 Å². The highest BCUT2D eigenvalue weighted by Crippen LogP contribution is 2.23. The number of aromatic nitrogens is 2. The van der Waals surface area contributed by atoms with Crippen molar-refractivity contribution < 1.29 is 4.42 Å². The summed E-state index contributed by atoms with van der Waals surface area (Å²) in [7, 11) is 0. The van der Waals surface area contributed by atoms with Crippen LogP contribution in [0.5, 0.6) is 0 Å². The lowest BCUT2D eigenvalue weighted by atomic mass is 10.1. The summed E-state index contributed by atoms with van der Waals surface area (Å²) in [6.07, 6.45) is 3.28. The summed E-state index contributed by atoms with van der Waals surface area (Å²) >= 11 is 0. The lowest BCUT2D eigenvalue weighted by Crippen LogP contribution is -2.17. The number of hydrogen-bond acceptors (Lipinski definition) is 5. The molecule has 16 heavy (non-hydrogen) atoms. The minimum Gasteiger partial charge on any atom is -0.406 e. The third-order valence-electron chi connectivity index (χ3n) is 2.85.